The summed E-state index contributed by atoms with van der Waals surface area (Å²) in [5, 5.41) is 14.8. The number of aliphatic carboxylic acids is 1. The maximum atomic E-state index is 11.9. The van der Waals surface area contributed by atoms with E-state index in [1.165, 1.54) is 24.4 Å². The number of benzene rings is 1. The first-order valence-corrected chi connectivity index (χ1v) is 6.78. The maximum absolute atomic E-state index is 11.9. The van der Waals surface area contributed by atoms with E-state index in [2.05, 4.69) is 14.9 Å². The summed E-state index contributed by atoms with van der Waals surface area (Å²) in [5.74, 6) is -1.28. The van der Waals surface area contributed by atoms with E-state index in [-0.39, 0.29) is 5.03 Å². The monoisotopic (exact) mass is 281 g/mol. The summed E-state index contributed by atoms with van der Waals surface area (Å²) in [7, 11) is -3.96. The molecular formula is C11H11N3O4S. The van der Waals surface area contributed by atoms with Gasteiger partial charge < -0.3 is 5.11 Å². The zero-order chi connectivity index (χ0) is 13.9. The molecule has 3 N–H and O–H groups in total. The van der Waals surface area contributed by atoms with Crippen molar-refractivity contribution >= 4 is 16.0 Å². The molecule has 7 nitrogen and oxygen atoms in total. The van der Waals surface area contributed by atoms with E-state index in [0.717, 1.165) is 0 Å². The van der Waals surface area contributed by atoms with E-state index in [9.17, 15) is 13.2 Å². The molecule has 1 atom stereocenters. The molecule has 2 aromatic rings. The SMILES string of the molecule is O=C(O)[C@@H](NS(=O)(=O)c1ccn[nH]1)c1ccccc1. The van der Waals surface area contributed by atoms with Gasteiger partial charge in [-0.2, -0.15) is 9.82 Å². The number of hydrogen-bond acceptors (Lipinski definition) is 4. The molecule has 100 valence electrons. The van der Waals surface area contributed by atoms with Crippen molar-refractivity contribution < 1.29 is 18.3 Å². The fourth-order valence-electron chi connectivity index (χ4n) is 1.52. The molecule has 0 radical (unpaired) electrons. The molecule has 1 aromatic carbocycles. The van der Waals surface area contributed by atoms with Gasteiger partial charge in [0.15, 0.2) is 5.03 Å². The Morgan fingerprint density at radius 1 is 1.26 bits per heavy atom. The van der Waals surface area contributed by atoms with E-state index >= 15 is 0 Å². The van der Waals surface area contributed by atoms with Crippen LogP contribution >= 0.6 is 0 Å². The molecule has 0 amide bonds. The Balaban J connectivity index is 2.31. The third-order valence-corrected chi connectivity index (χ3v) is 3.77. The fraction of sp³-hybridized carbons (Fsp3) is 0.0909. The lowest BCUT2D eigenvalue weighted by Gasteiger charge is -2.14. The van der Waals surface area contributed by atoms with Crippen LogP contribution in [0.25, 0.3) is 0 Å². The average molecular weight is 281 g/mol. The Labute approximate surface area is 109 Å². The van der Waals surface area contributed by atoms with Crippen LogP contribution in [-0.4, -0.2) is 29.7 Å². The maximum Gasteiger partial charge on any atom is 0.326 e. The Morgan fingerprint density at radius 3 is 2.47 bits per heavy atom. The predicted octanol–water partition coefficient (Wildman–Crippen LogP) is 0.514. The molecule has 0 bridgehead atoms. The second-order valence-corrected chi connectivity index (χ2v) is 5.41. The largest absolute Gasteiger partial charge is 0.480 e. The number of nitrogens with one attached hydrogen (secondary N) is 2. The van der Waals surface area contributed by atoms with E-state index in [0.29, 0.717) is 5.56 Å². The molecule has 8 heteroatoms. The van der Waals surface area contributed by atoms with Crippen LogP contribution in [0.1, 0.15) is 11.6 Å². The van der Waals surface area contributed by atoms with E-state index in [1.54, 1.807) is 18.2 Å². The summed E-state index contributed by atoms with van der Waals surface area (Å²) < 4.78 is 26.0. The fourth-order valence-corrected chi connectivity index (χ4v) is 2.60. The number of aromatic nitrogens is 2. The number of carbonyl (C=O) groups is 1. The topological polar surface area (TPSA) is 112 Å². The standard InChI is InChI=1S/C11H11N3O4S/c15-11(16)10(8-4-2-1-3-5-8)14-19(17,18)9-6-7-12-13-9/h1-7,10,14H,(H,12,13)(H,15,16)/t10-/m0/s1. The van der Waals surface area contributed by atoms with Crippen LogP contribution in [0.3, 0.4) is 0 Å². The van der Waals surface area contributed by atoms with Crippen molar-refractivity contribution in [2.45, 2.75) is 11.1 Å². The van der Waals surface area contributed by atoms with Crippen LogP contribution in [0, 0.1) is 0 Å². The minimum absolute atomic E-state index is 0.185. The van der Waals surface area contributed by atoms with E-state index < -0.39 is 22.0 Å². The van der Waals surface area contributed by atoms with Crippen LogP contribution in [0.4, 0.5) is 0 Å². The summed E-state index contributed by atoms with van der Waals surface area (Å²) in [6, 6.07) is 7.95. The number of nitrogens with zero attached hydrogens (tertiary/aromatic N) is 1. The molecule has 19 heavy (non-hydrogen) atoms. The first kappa shape index (κ1) is 13.2. The van der Waals surface area contributed by atoms with Gasteiger partial charge in [-0.05, 0) is 11.6 Å². The highest BCUT2D eigenvalue weighted by molar-refractivity contribution is 7.89. The quantitative estimate of drug-likeness (QED) is 0.739. The summed E-state index contributed by atoms with van der Waals surface area (Å²) in [5.41, 5.74) is 0.345. The average Bonchev–Trinajstić information content (AvgIpc) is 2.91. The Hall–Kier alpha value is -2.19. The van der Waals surface area contributed by atoms with Gasteiger partial charge in [-0.25, -0.2) is 8.42 Å². The predicted molar refractivity (Wildman–Crippen MR) is 65.7 cm³/mol. The summed E-state index contributed by atoms with van der Waals surface area (Å²) >= 11 is 0. The number of carboxylic acids is 1. The second-order valence-electron chi connectivity index (χ2n) is 3.72. The lowest BCUT2D eigenvalue weighted by atomic mass is 10.1. The number of carboxylic acid groups (broad SMARTS) is 1. The summed E-state index contributed by atoms with van der Waals surface area (Å²) in [6.45, 7) is 0. The Kier molecular flexibility index (Phi) is 3.63. The van der Waals surface area contributed by atoms with E-state index in [1.807, 2.05) is 0 Å². The summed E-state index contributed by atoms with van der Waals surface area (Å²) in [4.78, 5) is 11.2. The summed E-state index contributed by atoms with van der Waals surface area (Å²) in [6.07, 6.45) is 1.27. The van der Waals surface area contributed by atoms with Crippen LogP contribution < -0.4 is 4.72 Å². The van der Waals surface area contributed by atoms with Crippen molar-refractivity contribution in [1.82, 2.24) is 14.9 Å². The van der Waals surface area contributed by atoms with Crippen molar-refractivity contribution in [3.8, 4) is 0 Å². The Bertz CT molecular complexity index is 653. The highest BCUT2D eigenvalue weighted by Gasteiger charge is 2.27. The van der Waals surface area contributed by atoms with Crippen LogP contribution in [-0.2, 0) is 14.8 Å². The molecule has 0 unspecified atom stereocenters. The van der Waals surface area contributed by atoms with Gasteiger partial charge in [0.05, 0.1) is 6.20 Å². The van der Waals surface area contributed by atoms with Gasteiger partial charge in [0, 0.05) is 0 Å². The molecule has 2 rings (SSSR count). The first-order valence-electron chi connectivity index (χ1n) is 5.30. The van der Waals surface area contributed by atoms with Crippen LogP contribution in [0.15, 0.2) is 47.6 Å². The number of rotatable bonds is 5. The van der Waals surface area contributed by atoms with Gasteiger partial charge in [0.1, 0.15) is 6.04 Å². The molecule has 0 spiro atoms. The van der Waals surface area contributed by atoms with Crippen molar-refractivity contribution in [3.63, 3.8) is 0 Å². The molecule has 0 saturated carbocycles. The van der Waals surface area contributed by atoms with Crippen LogP contribution in [0.5, 0.6) is 0 Å². The normalized spacial score (nSPS) is 13.1. The van der Waals surface area contributed by atoms with Crippen molar-refractivity contribution in [1.29, 1.82) is 0 Å². The van der Waals surface area contributed by atoms with Gasteiger partial charge >= 0.3 is 5.97 Å². The zero-order valence-electron chi connectivity index (χ0n) is 9.65. The third-order valence-electron chi connectivity index (χ3n) is 2.42. The van der Waals surface area contributed by atoms with E-state index in [4.69, 9.17) is 5.11 Å². The third kappa shape index (κ3) is 2.98. The molecule has 0 aliphatic rings. The van der Waals surface area contributed by atoms with Crippen molar-refractivity contribution in [3.05, 3.63) is 48.2 Å². The van der Waals surface area contributed by atoms with Crippen molar-refractivity contribution in [2.75, 3.05) is 0 Å². The number of hydrogen-bond donors (Lipinski definition) is 3. The van der Waals surface area contributed by atoms with Crippen LogP contribution in [0.2, 0.25) is 0 Å². The zero-order valence-corrected chi connectivity index (χ0v) is 10.5. The Morgan fingerprint density at radius 2 is 1.95 bits per heavy atom. The molecular weight excluding hydrogens is 270 g/mol. The minimum atomic E-state index is -3.96. The highest BCUT2D eigenvalue weighted by atomic mass is 32.2. The van der Waals surface area contributed by atoms with Gasteiger partial charge in [-0.3, -0.25) is 9.89 Å². The minimum Gasteiger partial charge on any atom is -0.480 e. The van der Waals surface area contributed by atoms with Gasteiger partial charge in [0.25, 0.3) is 10.0 Å². The smallest absolute Gasteiger partial charge is 0.326 e. The molecule has 1 heterocycles. The van der Waals surface area contributed by atoms with Crippen molar-refractivity contribution in [2.24, 2.45) is 0 Å². The molecule has 1 aromatic heterocycles. The number of aromatic amines is 1. The lowest BCUT2D eigenvalue weighted by Crippen LogP contribution is -2.33. The highest BCUT2D eigenvalue weighted by Crippen LogP contribution is 2.16. The van der Waals surface area contributed by atoms with Gasteiger partial charge in [-0.15, -0.1) is 0 Å². The molecule has 0 fully saturated rings. The lowest BCUT2D eigenvalue weighted by molar-refractivity contribution is -0.139. The molecule has 0 aliphatic heterocycles. The molecule has 0 saturated heterocycles. The second kappa shape index (κ2) is 5.21. The van der Waals surface area contributed by atoms with Gasteiger partial charge in [-0.1, -0.05) is 30.3 Å². The number of H-pyrrole nitrogens is 1. The number of sulfonamides is 1. The van der Waals surface area contributed by atoms with Gasteiger partial charge in [0.2, 0.25) is 0 Å². The molecule has 0 aliphatic carbocycles. The first-order chi connectivity index (χ1) is 9.00.